The average Bonchev–Trinajstić information content (AvgIpc) is 3.03. The van der Waals surface area contributed by atoms with Crippen molar-refractivity contribution in [3.63, 3.8) is 0 Å². The zero-order chi connectivity index (χ0) is 15.5. The highest BCUT2D eigenvalue weighted by Crippen LogP contribution is 2.32. The summed E-state index contributed by atoms with van der Waals surface area (Å²) in [6.45, 7) is 3.31. The Labute approximate surface area is 155 Å². The molecule has 0 radical (unpaired) electrons. The van der Waals surface area contributed by atoms with E-state index in [9.17, 15) is 9.18 Å². The number of hydrogen-bond acceptors (Lipinski definition) is 3. The molecule has 1 heterocycles. The van der Waals surface area contributed by atoms with E-state index in [1.807, 2.05) is 15.9 Å². The molecule has 7 heteroatoms. The van der Waals surface area contributed by atoms with Crippen molar-refractivity contribution in [2.45, 2.75) is 19.3 Å². The first-order valence-corrected chi connectivity index (χ1v) is 8.19. The van der Waals surface area contributed by atoms with Crippen LogP contribution in [0.3, 0.4) is 0 Å². The van der Waals surface area contributed by atoms with Crippen LogP contribution in [-0.4, -0.2) is 43.5 Å². The maximum Gasteiger partial charge on any atom is 0.226 e. The van der Waals surface area contributed by atoms with Gasteiger partial charge in [0.2, 0.25) is 5.91 Å². The fourth-order valence-corrected chi connectivity index (χ4v) is 3.75. The van der Waals surface area contributed by atoms with E-state index < -0.39 is 0 Å². The van der Waals surface area contributed by atoms with Gasteiger partial charge in [-0.15, -0.1) is 24.8 Å². The van der Waals surface area contributed by atoms with Gasteiger partial charge in [-0.05, 0) is 37.4 Å². The number of hydrogen-bond donors (Lipinski definition) is 1. The Bertz CT molecular complexity index is 538. The maximum atomic E-state index is 13.8. The fourth-order valence-electron chi connectivity index (χ4n) is 3.75. The van der Waals surface area contributed by atoms with Gasteiger partial charge in [0.1, 0.15) is 5.82 Å². The van der Waals surface area contributed by atoms with Gasteiger partial charge in [0.05, 0.1) is 5.69 Å². The van der Waals surface area contributed by atoms with E-state index in [-0.39, 0.29) is 42.5 Å². The fraction of sp³-hybridized carbons (Fsp3) is 0.588. The molecule has 1 aliphatic heterocycles. The van der Waals surface area contributed by atoms with Crippen LogP contribution in [0.5, 0.6) is 0 Å². The number of para-hydroxylation sites is 1. The summed E-state index contributed by atoms with van der Waals surface area (Å²) < 4.78 is 13.8. The number of nitrogens with two attached hydrogens (primary N) is 1. The summed E-state index contributed by atoms with van der Waals surface area (Å²) in [5.41, 5.74) is 6.42. The second-order valence-corrected chi connectivity index (χ2v) is 6.30. The second-order valence-electron chi connectivity index (χ2n) is 6.30. The van der Waals surface area contributed by atoms with E-state index in [0.29, 0.717) is 44.3 Å². The predicted molar refractivity (Wildman–Crippen MR) is 99.6 cm³/mol. The van der Waals surface area contributed by atoms with Gasteiger partial charge < -0.3 is 15.5 Å². The van der Waals surface area contributed by atoms with Crippen molar-refractivity contribution in [2.75, 3.05) is 37.6 Å². The van der Waals surface area contributed by atoms with Crippen LogP contribution in [0.2, 0.25) is 0 Å². The lowest BCUT2D eigenvalue weighted by Gasteiger charge is -2.38. The van der Waals surface area contributed by atoms with Crippen LogP contribution in [0.4, 0.5) is 10.1 Å². The Morgan fingerprint density at radius 2 is 1.79 bits per heavy atom. The number of halogens is 3. The molecule has 0 bridgehead atoms. The Morgan fingerprint density at radius 1 is 1.12 bits per heavy atom. The summed E-state index contributed by atoms with van der Waals surface area (Å²) in [5, 5.41) is 0. The van der Waals surface area contributed by atoms with Gasteiger partial charge in [-0.3, -0.25) is 4.79 Å². The lowest BCUT2D eigenvalue weighted by molar-refractivity contribution is -0.136. The van der Waals surface area contributed by atoms with Crippen molar-refractivity contribution in [1.29, 1.82) is 0 Å². The molecule has 2 N–H and O–H groups in total. The number of rotatable bonds is 3. The summed E-state index contributed by atoms with van der Waals surface area (Å²) >= 11 is 0. The van der Waals surface area contributed by atoms with Crippen molar-refractivity contribution in [2.24, 2.45) is 17.6 Å². The lowest BCUT2D eigenvalue weighted by Crippen LogP contribution is -2.51. The number of carbonyl (C=O) groups is 1. The predicted octanol–water partition coefficient (Wildman–Crippen LogP) is 2.69. The van der Waals surface area contributed by atoms with Crippen LogP contribution in [0, 0.1) is 17.7 Å². The van der Waals surface area contributed by atoms with Gasteiger partial charge in [-0.1, -0.05) is 18.6 Å². The van der Waals surface area contributed by atoms with Crippen LogP contribution < -0.4 is 10.6 Å². The summed E-state index contributed by atoms with van der Waals surface area (Å²) in [7, 11) is 0. The molecule has 0 spiro atoms. The van der Waals surface area contributed by atoms with Gasteiger partial charge in [0.15, 0.2) is 0 Å². The van der Waals surface area contributed by atoms with E-state index in [1.54, 1.807) is 12.1 Å². The highest BCUT2D eigenvalue weighted by Gasteiger charge is 2.35. The van der Waals surface area contributed by atoms with Gasteiger partial charge in [-0.25, -0.2) is 4.39 Å². The Hall–Kier alpha value is -1.04. The van der Waals surface area contributed by atoms with Crippen molar-refractivity contribution >= 4 is 36.4 Å². The number of anilines is 1. The molecule has 1 aromatic rings. The third-order valence-corrected chi connectivity index (χ3v) is 5.06. The Kier molecular flexibility index (Phi) is 8.27. The minimum Gasteiger partial charge on any atom is -0.366 e. The molecule has 0 aromatic heterocycles. The quantitative estimate of drug-likeness (QED) is 0.880. The van der Waals surface area contributed by atoms with Crippen LogP contribution in [0.15, 0.2) is 24.3 Å². The summed E-state index contributed by atoms with van der Waals surface area (Å²) in [5.74, 6) is 0.504. The Morgan fingerprint density at radius 3 is 2.42 bits per heavy atom. The van der Waals surface area contributed by atoms with Gasteiger partial charge >= 0.3 is 0 Å². The van der Waals surface area contributed by atoms with Crippen LogP contribution in [0.25, 0.3) is 0 Å². The topological polar surface area (TPSA) is 49.6 Å². The lowest BCUT2D eigenvalue weighted by atomic mass is 9.94. The van der Waals surface area contributed by atoms with E-state index in [0.717, 1.165) is 19.3 Å². The van der Waals surface area contributed by atoms with E-state index in [4.69, 9.17) is 5.73 Å². The number of nitrogens with zero attached hydrogens (tertiary/aromatic N) is 2. The molecule has 136 valence electrons. The molecular weight excluding hydrogens is 352 g/mol. The Balaban J connectivity index is 0.00000144. The average molecular weight is 378 g/mol. The van der Waals surface area contributed by atoms with Crippen LogP contribution in [0.1, 0.15) is 19.3 Å². The number of piperazine rings is 1. The molecule has 1 aliphatic carbocycles. The first-order valence-electron chi connectivity index (χ1n) is 8.19. The van der Waals surface area contributed by atoms with Crippen molar-refractivity contribution in [1.82, 2.24) is 4.90 Å². The standard InChI is InChI=1S/C17H24FN3O.2ClH/c18-15-6-1-2-7-16(15)20-8-10-21(11-9-20)17(22)14-5-3-4-13(14)12-19;;/h1-2,6-7,13-14H,3-5,8-12,19H2;2*1H/t13-,14-;;/m1../s1. The summed E-state index contributed by atoms with van der Waals surface area (Å²) in [6, 6.07) is 6.83. The molecule has 24 heavy (non-hydrogen) atoms. The second kappa shape index (κ2) is 9.44. The smallest absolute Gasteiger partial charge is 0.226 e. The van der Waals surface area contributed by atoms with Crippen molar-refractivity contribution in [3.05, 3.63) is 30.1 Å². The molecule has 1 saturated heterocycles. The van der Waals surface area contributed by atoms with Crippen molar-refractivity contribution < 1.29 is 9.18 Å². The molecule has 4 nitrogen and oxygen atoms in total. The number of amides is 1. The number of carbonyl (C=O) groups excluding carboxylic acids is 1. The zero-order valence-corrected chi connectivity index (χ0v) is 15.3. The first kappa shape index (κ1) is 21.0. The molecular formula is C17H26Cl2FN3O. The highest BCUT2D eigenvalue weighted by atomic mass is 35.5. The third-order valence-electron chi connectivity index (χ3n) is 5.06. The number of benzene rings is 1. The van der Waals surface area contributed by atoms with Gasteiger partial charge in [0, 0.05) is 32.1 Å². The monoisotopic (exact) mass is 377 g/mol. The minimum atomic E-state index is -0.193. The molecule has 1 aromatic carbocycles. The zero-order valence-electron chi connectivity index (χ0n) is 13.7. The van der Waals surface area contributed by atoms with Crippen LogP contribution in [-0.2, 0) is 4.79 Å². The van der Waals surface area contributed by atoms with Gasteiger partial charge in [0.25, 0.3) is 0 Å². The summed E-state index contributed by atoms with van der Waals surface area (Å²) in [6.07, 6.45) is 3.14. The highest BCUT2D eigenvalue weighted by molar-refractivity contribution is 5.85. The SMILES string of the molecule is Cl.Cl.NC[C@H]1CCC[C@H]1C(=O)N1CCN(c2ccccc2F)CC1. The van der Waals surface area contributed by atoms with E-state index in [1.165, 1.54) is 6.07 Å². The minimum absolute atomic E-state index is 0. The molecule has 0 unspecified atom stereocenters. The van der Waals surface area contributed by atoms with E-state index in [2.05, 4.69) is 0 Å². The first-order chi connectivity index (χ1) is 10.7. The van der Waals surface area contributed by atoms with E-state index >= 15 is 0 Å². The molecule has 2 fully saturated rings. The maximum absolute atomic E-state index is 13.8. The molecule has 3 rings (SSSR count). The largest absolute Gasteiger partial charge is 0.366 e. The molecule has 1 amide bonds. The van der Waals surface area contributed by atoms with Crippen LogP contribution >= 0.6 is 24.8 Å². The molecule has 1 saturated carbocycles. The molecule has 2 aliphatic rings. The van der Waals surface area contributed by atoms with Gasteiger partial charge in [-0.2, -0.15) is 0 Å². The normalized spacial score (nSPS) is 23.4. The summed E-state index contributed by atoms with van der Waals surface area (Å²) in [4.78, 5) is 16.6. The molecule has 2 atom stereocenters. The third kappa shape index (κ3) is 4.32. The van der Waals surface area contributed by atoms with Crippen molar-refractivity contribution in [3.8, 4) is 0 Å².